The van der Waals surface area contributed by atoms with Gasteiger partial charge in [0, 0.05) is 11.8 Å². The first-order valence-corrected chi connectivity index (χ1v) is 10.7. The van der Waals surface area contributed by atoms with Gasteiger partial charge in [0.1, 0.15) is 17.9 Å². The molecule has 8 nitrogen and oxygen atoms in total. The molecule has 4 heterocycles. The normalized spacial score (nSPS) is 17.3. The zero-order valence-corrected chi connectivity index (χ0v) is 18.0. The third-order valence-electron chi connectivity index (χ3n) is 5.78. The van der Waals surface area contributed by atoms with E-state index in [-0.39, 0.29) is 5.82 Å². The van der Waals surface area contributed by atoms with Gasteiger partial charge in [-0.1, -0.05) is 0 Å². The number of fused-ring (bicyclic) bond motifs is 2. The molecule has 2 aromatic heterocycles. The maximum atomic E-state index is 13.4. The minimum Gasteiger partial charge on any atom is -0.488 e. The third kappa shape index (κ3) is 3.42. The Labute approximate surface area is 189 Å². The molecule has 166 valence electrons. The molecule has 0 aliphatic carbocycles. The van der Waals surface area contributed by atoms with Crippen LogP contribution in [0.4, 0.5) is 10.1 Å². The highest BCUT2D eigenvalue weighted by atomic mass is 19.1. The molecule has 0 spiro atoms. The minimum atomic E-state index is -0.252. The fourth-order valence-electron chi connectivity index (χ4n) is 4.27. The second kappa shape index (κ2) is 7.77. The van der Waals surface area contributed by atoms with Crippen molar-refractivity contribution in [1.29, 1.82) is 0 Å². The Morgan fingerprint density at radius 3 is 2.73 bits per heavy atom. The molecule has 33 heavy (non-hydrogen) atoms. The standard InChI is InChI=1S/C24H21FN6O2/c1-16-13-29(14-27-16)20-7-2-17(23-22(20)28-15-33-23)12-21-24-26-8-9-30(31(24)10-11-32-21)19-5-3-18(25)4-6-19/h2-7,12-15H,8-11H2,1H3. The number of ether oxygens (including phenoxy) is 1. The van der Waals surface area contributed by atoms with Gasteiger partial charge in [-0.15, -0.1) is 0 Å². The molecule has 6 rings (SSSR count). The number of halogens is 1. The number of aliphatic imine (C=N–C) groups is 1. The molecule has 9 heteroatoms. The number of imidazole rings is 1. The van der Waals surface area contributed by atoms with E-state index in [1.807, 2.05) is 35.9 Å². The molecular formula is C24H21FN6O2. The van der Waals surface area contributed by atoms with E-state index in [4.69, 9.17) is 14.1 Å². The molecular weight excluding hydrogens is 423 g/mol. The van der Waals surface area contributed by atoms with Gasteiger partial charge in [-0.3, -0.25) is 15.0 Å². The quantitative estimate of drug-likeness (QED) is 0.476. The second-order valence-electron chi connectivity index (χ2n) is 7.91. The van der Waals surface area contributed by atoms with Crippen LogP contribution >= 0.6 is 0 Å². The van der Waals surface area contributed by atoms with Gasteiger partial charge in [0.15, 0.2) is 23.6 Å². The predicted octanol–water partition coefficient (Wildman–Crippen LogP) is 3.97. The molecule has 2 aromatic carbocycles. The molecule has 0 saturated carbocycles. The summed E-state index contributed by atoms with van der Waals surface area (Å²) in [7, 11) is 0. The van der Waals surface area contributed by atoms with E-state index >= 15 is 0 Å². The number of aromatic nitrogens is 3. The first-order chi connectivity index (χ1) is 16.2. The highest BCUT2D eigenvalue weighted by Crippen LogP contribution is 2.29. The lowest BCUT2D eigenvalue weighted by Gasteiger charge is -2.43. The van der Waals surface area contributed by atoms with Crippen LogP contribution in [0.15, 0.2) is 70.5 Å². The van der Waals surface area contributed by atoms with Crippen molar-refractivity contribution >= 4 is 28.7 Å². The van der Waals surface area contributed by atoms with Gasteiger partial charge in [0.25, 0.3) is 0 Å². The summed E-state index contributed by atoms with van der Waals surface area (Å²) in [6.45, 7) is 4.44. The monoisotopic (exact) mass is 444 g/mol. The number of hydrazine groups is 1. The number of hydrogen-bond acceptors (Lipinski definition) is 7. The Morgan fingerprint density at radius 2 is 1.91 bits per heavy atom. The molecule has 2 aliphatic rings. The second-order valence-corrected chi connectivity index (χ2v) is 7.91. The number of hydrogen-bond donors (Lipinski definition) is 0. The first-order valence-electron chi connectivity index (χ1n) is 10.7. The summed E-state index contributed by atoms with van der Waals surface area (Å²) < 4.78 is 27.1. The highest BCUT2D eigenvalue weighted by molar-refractivity contribution is 6.03. The maximum Gasteiger partial charge on any atom is 0.185 e. The van der Waals surface area contributed by atoms with Gasteiger partial charge in [0.05, 0.1) is 43.0 Å². The van der Waals surface area contributed by atoms with Crippen LogP contribution in [0, 0.1) is 12.7 Å². The van der Waals surface area contributed by atoms with Crippen molar-refractivity contribution in [2.75, 3.05) is 31.3 Å². The highest BCUT2D eigenvalue weighted by Gasteiger charge is 2.31. The van der Waals surface area contributed by atoms with E-state index in [9.17, 15) is 4.39 Å². The summed E-state index contributed by atoms with van der Waals surface area (Å²) in [6, 6.07) is 10.5. The SMILES string of the molecule is Cc1cn(-c2ccc(C=C3OCCN4C3=NCCN4c3ccc(F)cc3)c3ocnc23)cn1. The van der Waals surface area contributed by atoms with Gasteiger partial charge in [-0.05, 0) is 49.4 Å². The van der Waals surface area contributed by atoms with E-state index < -0.39 is 0 Å². The molecule has 0 amide bonds. The first kappa shape index (κ1) is 19.5. The van der Waals surface area contributed by atoms with Crippen LogP contribution in [0.3, 0.4) is 0 Å². The number of anilines is 1. The Hall–Kier alpha value is -4.14. The molecule has 0 unspecified atom stereocenters. The fourth-order valence-corrected chi connectivity index (χ4v) is 4.27. The number of aryl methyl sites for hydroxylation is 1. The Balaban J connectivity index is 1.37. The average molecular weight is 444 g/mol. The van der Waals surface area contributed by atoms with Crippen molar-refractivity contribution in [1.82, 2.24) is 19.5 Å². The van der Waals surface area contributed by atoms with Gasteiger partial charge >= 0.3 is 0 Å². The van der Waals surface area contributed by atoms with Gasteiger partial charge in [-0.2, -0.15) is 0 Å². The number of benzene rings is 2. The summed E-state index contributed by atoms with van der Waals surface area (Å²) in [6.07, 6.45) is 7.10. The van der Waals surface area contributed by atoms with E-state index in [0.717, 1.165) is 34.0 Å². The van der Waals surface area contributed by atoms with Crippen molar-refractivity contribution in [3.8, 4) is 5.69 Å². The molecule has 0 radical (unpaired) electrons. The summed E-state index contributed by atoms with van der Waals surface area (Å²) in [5, 5.41) is 4.21. The van der Waals surface area contributed by atoms with Crippen LogP contribution in [-0.2, 0) is 4.74 Å². The summed E-state index contributed by atoms with van der Waals surface area (Å²) in [5.74, 6) is 1.16. The zero-order chi connectivity index (χ0) is 22.4. The lowest BCUT2D eigenvalue weighted by atomic mass is 10.1. The topological polar surface area (TPSA) is 71.9 Å². The zero-order valence-electron chi connectivity index (χ0n) is 18.0. The van der Waals surface area contributed by atoms with E-state index in [0.29, 0.717) is 37.6 Å². The lowest BCUT2D eigenvalue weighted by Crippen LogP contribution is -2.55. The molecule has 1 fully saturated rings. The smallest absolute Gasteiger partial charge is 0.185 e. The van der Waals surface area contributed by atoms with Crippen LogP contribution in [0.5, 0.6) is 0 Å². The van der Waals surface area contributed by atoms with Crippen molar-refractivity contribution in [2.24, 2.45) is 4.99 Å². The predicted molar refractivity (Wildman–Crippen MR) is 123 cm³/mol. The fraction of sp³-hybridized carbons (Fsp3) is 0.208. The Morgan fingerprint density at radius 1 is 1.03 bits per heavy atom. The van der Waals surface area contributed by atoms with Crippen LogP contribution in [-0.4, -0.2) is 51.6 Å². The average Bonchev–Trinajstić information content (AvgIpc) is 3.49. The van der Waals surface area contributed by atoms with Crippen LogP contribution in [0.2, 0.25) is 0 Å². The molecule has 0 N–H and O–H groups in total. The summed E-state index contributed by atoms with van der Waals surface area (Å²) in [4.78, 5) is 13.5. The molecule has 1 saturated heterocycles. The largest absolute Gasteiger partial charge is 0.488 e. The Kier molecular flexibility index (Phi) is 4.60. The molecule has 4 aromatic rings. The van der Waals surface area contributed by atoms with Crippen molar-refractivity contribution in [3.63, 3.8) is 0 Å². The molecule has 0 bridgehead atoms. The number of rotatable bonds is 3. The van der Waals surface area contributed by atoms with Crippen molar-refractivity contribution in [2.45, 2.75) is 6.92 Å². The van der Waals surface area contributed by atoms with E-state index in [1.54, 1.807) is 18.5 Å². The molecule has 2 aliphatic heterocycles. The maximum absolute atomic E-state index is 13.4. The number of morpholine rings is 1. The summed E-state index contributed by atoms with van der Waals surface area (Å²) in [5.41, 5.74) is 5.00. The van der Waals surface area contributed by atoms with Crippen LogP contribution < -0.4 is 5.01 Å². The third-order valence-corrected chi connectivity index (χ3v) is 5.78. The van der Waals surface area contributed by atoms with Crippen molar-refractivity contribution < 1.29 is 13.5 Å². The van der Waals surface area contributed by atoms with Gasteiger partial charge in [-0.25, -0.2) is 14.4 Å². The number of nitrogens with zero attached hydrogens (tertiary/aromatic N) is 6. The van der Waals surface area contributed by atoms with E-state index in [1.165, 1.54) is 18.5 Å². The van der Waals surface area contributed by atoms with Crippen molar-refractivity contribution in [3.05, 3.63) is 78.1 Å². The summed E-state index contributed by atoms with van der Waals surface area (Å²) >= 11 is 0. The Bertz CT molecular complexity index is 1390. The van der Waals surface area contributed by atoms with Gasteiger partial charge < -0.3 is 13.7 Å². The van der Waals surface area contributed by atoms with E-state index in [2.05, 4.69) is 20.0 Å². The number of amidine groups is 1. The minimum absolute atomic E-state index is 0.252. The van der Waals surface area contributed by atoms with Crippen LogP contribution in [0.1, 0.15) is 11.3 Å². The van der Waals surface area contributed by atoms with Gasteiger partial charge in [0.2, 0.25) is 0 Å². The number of oxazole rings is 1. The van der Waals surface area contributed by atoms with Crippen LogP contribution in [0.25, 0.3) is 22.9 Å². The lowest BCUT2D eigenvalue weighted by molar-refractivity contribution is 0.160. The molecule has 0 atom stereocenters.